The van der Waals surface area contributed by atoms with E-state index in [1.807, 2.05) is 0 Å². The van der Waals surface area contributed by atoms with Crippen LogP contribution < -0.4 is 10.0 Å². The third-order valence-corrected chi connectivity index (χ3v) is 3.34. The van der Waals surface area contributed by atoms with Crippen LogP contribution in [0.25, 0.3) is 0 Å². The Balaban J connectivity index is 3.47. The van der Waals surface area contributed by atoms with E-state index in [-0.39, 0.29) is 5.75 Å². The molecule has 0 saturated heterocycles. The third kappa shape index (κ3) is 6.98. The molecule has 4 nitrogen and oxygen atoms in total. The predicted molar refractivity (Wildman–Crippen MR) is 55.2 cm³/mol. The molecule has 13 heavy (non-hydrogen) atoms. The van der Waals surface area contributed by atoms with Crippen molar-refractivity contribution in [1.29, 1.82) is 0 Å². The van der Waals surface area contributed by atoms with Crippen LogP contribution in [0.4, 0.5) is 0 Å². The van der Waals surface area contributed by atoms with Gasteiger partial charge in [0.1, 0.15) is 0 Å². The maximum absolute atomic E-state index is 11.0. The molecule has 0 bridgehead atoms. The summed E-state index contributed by atoms with van der Waals surface area (Å²) in [5.41, 5.74) is 0. The number of hydrogen-bond acceptors (Lipinski definition) is 3. The first-order valence-corrected chi connectivity index (χ1v) is 6.37. The lowest BCUT2D eigenvalue weighted by atomic mass is 10.3. The Hall–Kier alpha value is -0.130. The summed E-state index contributed by atoms with van der Waals surface area (Å²) >= 11 is 0. The van der Waals surface area contributed by atoms with E-state index < -0.39 is 10.0 Å². The van der Waals surface area contributed by atoms with E-state index in [4.69, 9.17) is 0 Å². The van der Waals surface area contributed by atoms with Gasteiger partial charge in [-0.25, -0.2) is 13.1 Å². The Kier molecular flexibility index (Phi) is 6.28. The standard InChI is InChI=1S/C8H20N2O2S/c1-4-8(3)9-6-7-10-13(11,12)5-2/h8-10H,4-7H2,1-3H3. The molecule has 0 saturated carbocycles. The fourth-order valence-corrected chi connectivity index (χ4v) is 1.39. The molecule has 0 aromatic heterocycles. The van der Waals surface area contributed by atoms with Crippen molar-refractivity contribution in [3.63, 3.8) is 0 Å². The molecule has 0 aromatic carbocycles. The van der Waals surface area contributed by atoms with Gasteiger partial charge in [0.2, 0.25) is 10.0 Å². The van der Waals surface area contributed by atoms with Gasteiger partial charge in [-0.3, -0.25) is 0 Å². The van der Waals surface area contributed by atoms with Gasteiger partial charge < -0.3 is 5.32 Å². The Bertz CT molecular complexity index is 214. The molecule has 0 amide bonds. The minimum absolute atomic E-state index is 0.149. The van der Waals surface area contributed by atoms with Crippen LogP contribution >= 0.6 is 0 Å². The summed E-state index contributed by atoms with van der Waals surface area (Å²) in [5, 5.41) is 3.20. The second-order valence-electron chi connectivity index (χ2n) is 3.06. The molecule has 5 heteroatoms. The van der Waals surface area contributed by atoms with Crippen molar-refractivity contribution in [2.45, 2.75) is 33.2 Å². The summed E-state index contributed by atoms with van der Waals surface area (Å²) in [6.45, 7) is 6.96. The molecular formula is C8H20N2O2S. The van der Waals surface area contributed by atoms with Gasteiger partial charge in [0.05, 0.1) is 5.75 Å². The van der Waals surface area contributed by atoms with Crippen molar-refractivity contribution in [1.82, 2.24) is 10.0 Å². The molecule has 1 atom stereocenters. The van der Waals surface area contributed by atoms with Crippen LogP contribution in [0.2, 0.25) is 0 Å². The van der Waals surface area contributed by atoms with E-state index in [1.54, 1.807) is 6.92 Å². The summed E-state index contributed by atoms with van der Waals surface area (Å²) < 4.78 is 24.4. The fourth-order valence-electron chi connectivity index (χ4n) is 0.772. The van der Waals surface area contributed by atoms with Gasteiger partial charge in [-0.15, -0.1) is 0 Å². The molecule has 0 fully saturated rings. The molecule has 1 unspecified atom stereocenters. The Morgan fingerprint density at radius 2 is 1.85 bits per heavy atom. The van der Waals surface area contributed by atoms with Crippen molar-refractivity contribution >= 4 is 10.0 Å². The van der Waals surface area contributed by atoms with Crippen LogP contribution in [-0.4, -0.2) is 33.3 Å². The van der Waals surface area contributed by atoms with Crippen LogP contribution in [0, 0.1) is 0 Å². The highest BCUT2D eigenvalue weighted by Gasteiger charge is 2.04. The summed E-state index contributed by atoms with van der Waals surface area (Å²) in [6.07, 6.45) is 1.06. The smallest absolute Gasteiger partial charge is 0.211 e. The van der Waals surface area contributed by atoms with Gasteiger partial charge in [-0.2, -0.15) is 0 Å². The molecule has 80 valence electrons. The summed E-state index contributed by atoms with van der Waals surface area (Å²) in [6, 6.07) is 0.450. The quantitative estimate of drug-likeness (QED) is 0.592. The van der Waals surface area contributed by atoms with Crippen molar-refractivity contribution in [2.24, 2.45) is 0 Å². The van der Waals surface area contributed by atoms with Crippen LogP contribution in [0.3, 0.4) is 0 Å². The van der Waals surface area contributed by atoms with Crippen LogP contribution in [-0.2, 0) is 10.0 Å². The van der Waals surface area contributed by atoms with E-state index >= 15 is 0 Å². The van der Waals surface area contributed by atoms with Gasteiger partial charge >= 0.3 is 0 Å². The average molecular weight is 208 g/mol. The number of hydrogen-bond donors (Lipinski definition) is 2. The highest BCUT2D eigenvalue weighted by atomic mass is 32.2. The zero-order valence-electron chi connectivity index (χ0n) is 8.63. The monoisotopic (exact) mass is 208 g/mol. The highest BCUT2D eigenvalue weighted by molar-refractivity contribution is 7.89. The van der Waals surface area contributed by atoms with Gasteiger partial charge in [0.25, 0.3) is 0 Å². The van der Waals surface area contributed by atoms with Gasteiger partial charge in [0, 0.05) is 19.1 Å². The summed E-state index contributed by atoms with van der Waals surface area (Å²) in [7, 11) is -3.01. The van der Waals surface area contributed by atoms with E-state index in [0.717, 1.165) is 6.42 Å². The van der Waals surface area contributed by atoms with Gasteiger partial charge in [-0.1, -0.05) is 6.92 Å². The van der Waals surface area contributed by atoms with Crippen molar-refractivity contribution in [2.75, 3.05) is 18.8 Å². The largest absolute Gasteiger partial charge is 0.313 e. The molecule has 2 N–H and O–H groups in total. The van der Waals surface area contributed by atoms with E-state index in [2.05, 4.69) is 23.9 Å². The van der Waals surface area contributed by atoms with Crippen LogP contribution in [0.5, 0.6) is 0 Å². The Morgan fingerprint density at radius 1 is 1.23 bits per heavy atom. The van der Waals surface area contributed by atoms with Gasteiger partial charge in [-0.05, 0) is 20.3 Å². The molecule has 0 spiro atoms. The second kappa shape index (κ2) is 6.34. The Morgan fingerprint density at radius 3 is 2.31 bits per heavy atom. The van der Waals surface area contributed by atoms with Crippen LogP contribution in [0.15, 0.2) is 0 Å². The Labute approximate surface area is 81.2 Å². The first kappa shape index (κ1) is 12.9. The molecule has 0 radical (unpaired) electrons. The summed E-state index contributed by atoms with van der Waals surface area (Å²) in [4.78, 5) is 0. The molecular weight excluding hydrogens is 188 g/mol. The van der Waals surface area contributed by atoms with Gasteiger partial charge in [0.15, 0.2) is 0 Å². The lowest BCUT2D eigenvalue weighted by Gasteiger charge is -2.11. The lowest BCUT2D eigenvalue weighted by molar-refractivity contribution is 0.528. The normalized spacial score (nSPS) is 14.4. The average Bonchev–Trinajstić information content (AvgIpc) is 2.12. The molecule has 0 aromatic rings. The highest BCUT2D eigenvalue weighted by Crippen LogP contribution is 1.86. The topological polar surface area (TPSA) is 58.2 Å². The third-order valence-electron chi connectivity index (χ3n) is 1.93. The van der Waals surface area contributed by atoms with Crippen molar-refractivity contribution in [3.8, 4) is 0 Å². The lowest BCUT2D eigenvalue weighted by Crippen LogP contribution is -2.36. The number of sulfonamides is 1. The maximum atomic E-state index is 11.0. The fraction of sp³-hybridized carbons (Fsp3) is 1.00. The van der Waals surface area contributed by atoms with E-state index in [0.29, 0.717) is 19.1 Å². The number of rotatable bonds is 7. The van der Waals surface area contributed by atoms with Crippen molar-refractivity contribution in [3.05, 3.63) is 0 Å². The molecule has 0 heterocycles. The van der Waals surface area contributed by atoms with Crippen molar-refractivity contribution < 1.29 is 8.42 Å². The van der Waals surface area contributed by atoms with E-state index in [9.17, 15) is 8.42 Å². The van der Waals surface area contributed by atoms with Crippen LogP contribution in [0.1, 0.15) is 27.2 Å². The maximum Gasteiger partial charge on any atom is 0.211 e. The zero-order valence-corrected chi connectivity index (χ0v) is 9.45. The SMILES string of the molecule is CCC(C)NCCNS(=O)(=O)CC. The second-order valence-corrected chi connectivity index (χ2v) is 5.16. The molecule has 0 aliphatic heterocycles. The molecule has 0 aliphatic rings. The minimum atomic E-state index is -3.01. The predicted octanol–water partition coefficient (Wildman–Crippen LogP) is 0.314. The molecule has 0 aliphatic carbocycles. The first-order valence-electron chi connectivity index (χ1n) is 4.72. The number of nitrogens with one attached hydrogen (secondary N) is 2. The first-order chi connectivity index (χ1) is 6.02. The zero-order chi connectivity index (χ0) is 10.3. The summed E-state index contributed by atoms with van der Waals surface area (Å²) in [5.74, 6) is 0.149. The minimum Gasteiger partial charge on any atom is -0.313 e. The molecule has 0 rings (SSSR count). The van der Waals surface area contributed by atoms with E-state index in [1.165, 1.54) is 0 Å².